The highest BCUT2D eigenvalue weighted by atomic mass is 14.4. The van der Waals surface area contributed by atoms with E-state index >= 15 is 0 Å². The molecule has 0 heteroatoms. The molecule has 2 aliphatic rings. The Kier molecular flexibility index (Phi) is 9.65. The summed E-state index contributed by atoms with van der Waals surface area (Å²) < 4.78 is 0. The summed E-state index contributed by atoms with van der Waals surface area (Å²) in [6, 6.07) is 85.1. The third-order valence-corrected chi connectivity index (χ3v) is 17.2. The molecular weight excluding hydrogens is 889 g/mol. The minimum atomic E-state index is -0.123. The van der Waals surface area contributed by atoms with E-state index in [1.165, 1.54) is 149 Å². The minimum Gasteiger partial charge on any atom is -0.0619 e. The molecule has 0 spiro atoms. The molecule has 0 bridgehead atoms. The molecule has 0 fully saturated rings. The highest BCUT2D eigenvalue weighted by molar-refractivity contribution is 6.25. The first-order valence-corrected chi connectivity index (χ1v) is 26.5. The Labute approximate surface area is 436 Å². The number of hydrogen-bond donors (Lipinski definition) is 0. The van der Waals surface area contributed by atoms with E-state index in [1.807, 2.05) is 0 Å². The van der Waals surface area contributed by atoms with Gasteiger partial charge in [0.05, 0.1) is 0 Å². The zero-order valence-electron chi connectivity index (χ0n) is 43.4. The largest absolute Gasteiger partial charge is 0.0619 e. The molecule has 0 heterocycles. The van der Waals surface area contributed by atoms with Gasteiger partial charge in [0, 0.05) is 10.8 Å². The number of rotatable bonds is 6. The van der Waals surface area contributed by atoms with Gasteiger partial charge in [0.1, 0.15) is 0 Å². The molecule has 0 atom stereocenters. The van der Waals surface area contributed by atoms with Gasteiger partial charge < -0.3 is 0 Å². The van der Waals surface area contributed by atoms with E-state index in [0.29, 0.717) is 0 Å². The minimum absolute atomic E-state index is 0.0209. The smallest absolute Gasteiger partial charge is 0.0159 e. The van der Waals surface area contributed by atoms with Gasteiger partial charge in [-0.15, -0.1) is 0 Å². The van der Waals surface area contributed by atoms with Crippen molar-refractivity contribution >= 4 is 32.3 Å². The first-order chi connectivity index (χ1) is 35.8. The topological polar surface area (TPSA) is 0 Å². The molecule has 0 aliphatic heterocycles. The molecule has 0 saturated heterocycles. The average molecular weight is 947 g/mol. The van der Waals surface area contributed by atoms with Crippen LogP contribution in [0.5, 0.6) is 0 Å². The zero-order chi connectivity index (χ0) is 50.3. The van der Waals surface area contributed by atoms with Crippen LogP contribution in [0.25, 0.3) is 121 Å². The molecule has 0 radical (unpaired) electrons. The molecule has 74 heavy (non-hydrogen) atoms. The molecule has 0 unspecified atom stereocenters. The normalized spacial score (nSPS) is 14.1. The molecule has 354 valence electrons. The Balaban J connectivity index is 0.667. The van der Waals surface area contributed by atoms with Crippen LogP contribution < -0.4 is 0 Å². The average Bonchev–Trinajstić information content (AvgIpc) is 3.83. The van der Waals surface area contributed by atoms with E-state index in [2.05, 4.69) is 273 Å². The molecule has 0 saturated carbocycles. The maximum absolute atomic E-state index is 2.46. The summed E-state index contributed by atoms with van der Waals surface area (Å²) in [6.07, 6.45) is 0. The Morgan fingerprint density at radius 2 is 0.581 bits per heavy atom. The van der Waals surface area contributed by atoms with Crippen molar-refractivity contribution in [1.82, 2.24) is 0 Å². The number of hydrogen-bond acceptors (Lipinski definition) is 0. The van der Waals surface area contributed by atoms with Gasteiger partial charge in [-0.3, -0.25) is 0 Å². The lowest BCUT2D eigenvalue weighted by atomic mass is 9.80. The van der Waals surface area contributed by atoms with Crippen molar-refractivity contribution < 1.29 is 0 Å². The highest BCUT2D eigenvalue weighted by Crippen LogP contribution is 2.53. The van der Waals surface area contributed by atoms with Crippen molar-refractivity contribution in [3.63, 3.8) is 0 Å². The fraction of sp³-hybridized carbons (Fsp3) is 0.135. The molecule has 0 nitrogen and oxygen atoms in total. The van der Waals surface area contributed by atoms with E-state index in [1.54, 1.807) is 0 Å². The standard InChI is InChI=1S/C74H58/c1-72(2,3)59-40-57-29-28-53-30-35-60(65-39-34-58(41-59)70(57)71(53)65)52-26-24-50(25-27-52)48-18-16-46(17-19-48)45-12-14-47(15-13-45)49-20-22-51(23-21-49)54-31-36-63-64-38-33-56(44-69(64)74(6,7)68(63)42-54)55-32-37-62-61-10-8-9-11-66(61)73(4,5)67(62)43-55/h8-44H,1-7H3. The second kappa shape index (κ2) is 16.1. The fourth-order valence-corrected chi connectivity index (χ4v) is 12.9. The van der Waals surface area contributed by atoms with Crippen LogP contribution in [-0.4, -0.2) is 0 Å². The van der Waals surface area contributed by atoms with Gasteiger partial charge >= 0.3 is 0 Å². The molecule has 0 N–H and O–H groups in total. The Hall–Kier alpha value is -8.32. The molecule has 14 rings (SSSR count). The predicted molar refractivity (Wildman–Crippen MR) is 317 cm³/mol. The second-order valence-corrected chi connectivity index (χ2v) is 23.3. The Morgan fingerprint density at radius 1 is 0.257 bits per heavy atom. The molecular formula is C74H58. The van der Waals surface area contributed by atoms with Crippen molar-refractivity contribution in [1.29, 1.82) is 0 Å². The van der Waals surface area contributed by atoms with Crippen LogP contribution in [0.15, 0.2) is 224 Å². The number of benzene rings is 12. The van der Waals surface area contributed by atoms with Crippen molar-refractivity contribution in [3.05, 3.63) is 252 Å². The van der Waals surface area contributed by atoms with Crippen molar-refractivity contribution in [2.75, 3.05) is 0 Å². The van der Waals surface area contributed by atoms with E-state index in [4.69, 9.17) is 0 Å². The summed E-state index contributed by atoms with van der Waals surface area (Å²) in [7, 11) is 0. The lowest BCUT2D eigenvalue weighted by Crippen LogP contribution is -2.15. The van der Waals surface area contributed by atoms with Crippen LogP contribution in [0, 0.1) is 0 Å². The van der Waals surface area contributed by atoms with Crippen LogP contribution in [0.2, 0.25) is 0 Å². The molecule has 12 aromatic rings. The van der Waals surface area contributed by atoms with Gasteiger partial charge in [-0.2, -0.15) is 0 Å². The van der Waals surface area contributed by atoms with Gasteiger partial charge in [0.2, 0.25) is 0 Å². The summed E-state index contributed by atoms with van der Waals surface area (Å²) in [6.45, 7) is 16.4. The van der Waals surface area contributed by atoms with E-state index in [0.717, 1.165) is 0 Å². The Morgan fingerprint density at radius 3 is 1.04 bits per heavy atom. The van der Waals surface area contributed by atoms with Crippen LogP contribution in [0.3, 0.4) is 0 Å². The van der Waals surface area contributed by atoms with Gasteiger partial charge in [-0.05, 0) is 173 Å². The first kappa shape index (κ1) is 44.4. The molecule has 0 amide bonds. The second-order valence-electron chi connectivity index (χ2n) is 23.3. The maximum Gasteiger partial charge on any atom is 0.0159 e. The van der Waals surface area contributed by atoms with Crippen molar-refractivity contribution in [3.8, 4) is 89.0 Å². The van der Waals surface area contributed by atoms with Crippen LogP contribution >= 0.6 is 0 Å². The highest BCUT2D eigenvalue weighted by Gasteiger charge is 2.37. The quantitative estimate of drug-likeness (QED) is 0.146. The summed E-state index contributed by atoms with van der Waals surface area (Å²) in [5, 5.41) is 7.99. The summed E-state index contributed by atoms with van der Waals surface area (Å²) in [4.78, 5) is 0. The third-order valence-electron chi connectivity index (χ3n) is 17.2. The predicted octanol–water partition coefficient (Wildman–Crippen LogP) is 20.5. The van der Waals surface area contributed by atoms with Crippen LogP contribution in [0.4, 0.5) is 0 Å². The van der Waals surface area contributed by atoms with E-state index in [9.17, 15) is 0 Å². The van der Waals surface area contributed by atoms with Crippen molar-refractivity contribution in [2.24, 2.45) is 0 Å². The molecule has 2 aliphatic carbocycles. The van der Waals surface area contributed by atoms with Crippen LogP contribution in [-0.2, 0) is 16.2 Å². The lowest BCUT2D eigenvalue weighted by molar-refractivity contribution is 0.591. The third kappa shape index (κ3) is 6.88. The van der Waals surface area contributed by atoms with Gasteiger partial charge in [-0.1, -0.05) is 255 Å². The van der Waals surface area contributed by atoms with Gasteiger partial charge in [0.25, 0.3) is 0 Å². The Bertz CT molecular complexity index is 4190. The lowest BCUT2D eigenvalue weighted by Gasteiger charge is -2.23. The van der Waals surface area contributed by atoms with Crippen LogP contribution in [0.1, 0.15) is 76.3 Å². The number of fused-ring (bicyclic) bond motifs is 6. The molecule has 12 aromatic carbocycles. The van der Waals surface area contributed by atoms with E-state index in [-0.39, 0.29) is 16.2 Å². The summed E-state index contributed by atoms with van der Waals surface area (Å²) >= 11 is 0. The van der Waals surface area contributed by atoms with Gasteiger partial charge in [-0.25, -0.2) is 0 Å². The van der Waals surface area contributed by atoms with E-state index < -0.39 is 0 Å². The SMILES string of the molecule is CC(C)(C)c1cc2ccc3ccc(-c4ccc(-c5ccc(-c6ccc(-c7ccc(-c8ccc9c(c8)C(C)(C)c8cc(-c%10ccc%11c(c%10)C(C)(C)c%10ccccc%10-%11)ccc8-9)cc7)cc6)cc5)cc4)c4ccc(c1)c2c34. The maximum atomic E-state index is 2.46. The first-order valence-electron chi connectivity index (χ1n) is 26.5. The molecule has 0 aromatic heterocycles. The zero-order valence-corrected chi connectivity index (χ0v) is 43.4. The van der Waals surface area contributed by atoms with Gasteiger partial charge in [0.15, 0.2) is 0 Å². The fourth-order valence-electron chi connectivity index (χ4n) is 12.9. The van der Waals surface area contributed by atoms with Crippen molar-refractivity contribution in [2.45, 2.75) is 64.7 Å². The summed E-state index contributed by atoms with van der Waals surface area (Å²) in [5.41, 5.74) is 27.3. The summed E-state index contributed by atoms with van der Waals surface area (Å²) in [5.74, 6) is 0. The monoisotopic (exact) mass is 946 g/mol.